The zero-order chi connectivity index (χ0) is 14.4. The highest BCUT2D eigenvalue weighted by Crippen LogP contribution is 2.18. The van der Waals surface area contributed by atoms with Gasteiger partial charge in [-0.3, -0.25) is 4.79 Å². The first-order chi connectivity index (χ1) is 8.97. The molecule has 0 aliphatic heterocycles. The lowest BCUT2D eigenvalue weighted by atomic mass is 10.1. The maximum absolute atomic E-state index is 12.0. The van der Waals surface area contributed by atoms with E-state index in [4.69, 9.17) is 10.9 Å². The van der Waals surface area contributed by atoms with Crippen molar-refractivity contribution in [2.24, 2.45) is 10.9 Å². The molecule has 1 unspecified atom stereocenters. The van der Waals surface area contributed by atoms with E-state index in [0.717, 1.165) is 5.56 Å². The van der Waals surface area contributed by atoms with Crippen molar-refractivity contribution in [1.29, 1.82) is 0 Å². The van der Waals surface area contributed by atoms with Gasteiger partial charge in [0, 0.05) is 12.5 Å². The van der Waals surface area contributed by atoms with Gasteiger partial charge in [-0.1, -0.05) is 18.1 Å². The van der Waals surface area contributed by atoms with Crippen molar-refractivity contribution in [3.05, 3.63) is 29.3 Å². The second kappa shape index (κ2) is 6.63. The summed E-state index contributed by atoms with van der Waals surface area (Å²) in [5.41, 5.74) is 6.50. The molecule has 6 heteroatoms. The number of carbonyl (C=O) groups excluding carboxylic acids is 1. The third-order valence-corrected chi connectivity index (χ3v) is 2.81. The van der Waals surface area contributed by atoms with Crippen LogP contribution < -0.4 is 11.1 Å². The van der Waals surface area contributed by atoms with Crippen LogP contribution in [0.25, 0.3) is 0 Å². The van der Waals surface area contributed by atoms with Crippen LogP contribution in [0.2, 0.25) is 0 Å². The normalized spacial score (nSPS) is 13.1. The van der Waals surface area contributed by atoms with Gasteiger partial charge < -0.3 is 21.4 Å². The summed E-state index contributed by atoms with van der Waals surface area (Å²) in [7, 11) is 0. The lowest BCUT2D eigenvalue weighted by Crippen LogP contribution is -2.37. The Balaban J connectivity index is 2.77. The number of hydrogen-bond acceptors (Lipinski definition) is 4. The van der Waals surface area contributed by atoms with Crippen LogP contribution in [0, 0.1) is 6.92 Å². The van der Waals surface area contributed by atoms with E-state index in [2.05, 4.69) is 10.5 Å². The minimum absolute atomic E-state index is 0.0558. The standard InChI is InChI=1S/C13H19N3O3/c1-3-9(7-12(14)16-19)15-13(18)10-5-4-8(2)6-11(10)17/h4-6,9,17,19H,3,7H2,1-2H3,(H2,14,16)(H,15,18). The van der Waals surface area contributed by atoms with Crippen molar-refractivity contribution >= 4 is 11.7 Å². The fourth-order valence-electron chi connectivity index (χ4n) is 1.69. The Morgan fingerprint density at radius 3 is 2.74 bits per heavy atom. The van der Waals surface area contributed by atoms with Gasteiger partial charge in [-0.25, -0.2) is 0 Å². The average molecular weight is 265 g/mol. The maximum Gasteiger partial charge on any atom is 0.255 e. The van der Waals surface area contributed by atoms with Crippen molar-refractivity contribution in [2.45, 2.75) is 32.7 Å². The summed E-state index contributed by atoms with van der Waals surface area (Å²) >= 11 is 0. The van der Waals surface area contributed by atoms with E-state index in [-0.39, 0.29) is 35.5 Å². The number of nitrogens with zero attached hydrogens (tertiary/aromatic N) is 1. The predicted octanol–water partition coefficient (Wildman–Crippen LogP) is 1.35. The van der Waals surface area contributed by atoms with Crippen LogP contribution in [-0.4, -0.2) is 28.1 Å². The molecule has 0 radical (unpaired) electrons. The summed E-state index contributed by atoms with van der Waals surface area (Å²) in [6.07, 6.45) is 0.889. The molecule has 1 rings (SSSR count). The zero-order valence-corrected chi connectivity index (χ0v) is 11.1. The number of benzene rings is 1. The zero-order valence-electron chi connectivity index (χ0n) is 11.1. The monoisotopic (exact) mass is 265 g/mol. The molecule has 6 nitrogen and oxygen atoms in total. The van der Waals surface area contributed by atoms with Gasteiger partial charge in [0.1, 0.15) is 11.6 Å². The Hall–Kier alpha value is -2.24. The molecule has 5 N–H and O–H groups in total. The molecule has 0 heterocycles. The molecule has 0 saturated heterocycles. The van der Waals surface area contributed by atoms with Crippen LogP contribution in [-0.2, 0) is 0 Å². The van der Waals surface area contributed by atoms with Gasteiger partial charge in [0.25, 0.3) is 5.91 Å². The number of oxime groups is 1. The lowest BCUT2D eigenvalue weighted by Gasteiger charge is -2.16. The Morgan fingerprint density at radius 1 is 1.53 bits per heavy atom. The van der Waals surface area contributed by atoms with Crippen LogP contribution >= 0.6 is 0 Å². The van der Waals surface area contributed by atoms with Crippen molar-refractivity contribution in [3.8, 4) is 5.75 Å². The highest BCUT2D eigenvalue weighted by Gasteiger charge is 2.16. The molecule has 0 bridgehead atoms. The molecular weight excluding hydrogens is 246 g/mol. The van der Waals surface area contributed by atoms with Crippen LogP contribution in [0.1, 0.15) is 35.7 Å². The van der Waals surface area contributed by atoms with Crippen molar-refractivity contribution in [3.63, 3.8) is 0 Å². The number of nitrogens with two attached hydrogens (primary N) is 1. The van der Waals surface area contributed by atoms with Crippen molar-refractivity contribution in [1.82, 2.24) is 5.32 Å². The van der Waals surface area contributed by atoms with E-state index < -0.39 is 0 Å². The second-order valence-electron chi connectivity index (χ2n) is 4.39. The molecule has 1 atom stereocenters. The minimum Gasteiger partial charge on any atom is -0.507 e. The molecule has 1 aromatic carbocycles. The summed E-state index contributed by atoms with van der Waals surface area (Å²) in [5, 5.41) is 23.9. The second-order valence-corrected chi connectivity index (χ2v) is 4.39. The molecule has 0 aromatic heterocycles. The molecule has 0 saturated carbocycles. The molecule has 1 aromatic rings. The summed E-state index contributed by atoms with van der Waals surface area (Å²) in [6.45, 7) is 3.71. The summed E-state index contributed by atoms with van der Waals surface area (Å²) in [4.78, 5) is 12.0. The third-order valence-electron chi connectivity index (χ3n) is 2.81. The molecule has 0 aliphatic carbocycles. The van der Waals surface area contributed by atoms with Gasteiger partial charge in [0.05, 0.1) is 5.56 Å². The van der Waals surface area contributed by atoms with Crippen LogP contribution in [0.15, 0.2) is 23.4 Å². The molecule has 0 spiro atoms. The highest BCUT2D eigenvalue weighted by atomic mass is 16.4. The van der Waals surface area contributed by atoms with Gasteiger partial charge in [-0.2, -0.15) is 0 Å². The Bertz CT molecular complexity index is 486. The number of aromatic hydroxyl groups is 1. The summed E-state index contributed by atoms with van der Waals surface area (Å²) < 4.78 is 0. The lowest BCUT2D eigenvalue weighted by molar-refractivity contribution is 0.0934. The van der Waals surface area contributed by atoms with Crippen LogP contribution in [0.5, 0.6) is 5.75 Å². The van der Waals surface area contributed by atoms with E-state index in [1.54, 1.807) is 12.1 Å². The van der Waals surface area contributed by atoms with Crippen LogP contribution in [0.4, 0.5) is 0 Å². The minimum atomic E-state index is -0.380. The molecule has 0 fully saturated rings. The fourth-order valence-corrected chi connectivity index (χ4v) is 1.69. The first-order valence-corrected chi connectivity index (χ1v) is 6.04. The number of nitrogens with one attached hydrogen (secondary N) is 1. The summed E-state index contributed by atoms with van der Waals surface area (Å²) in [5.74, 6) is -0.383. The largest absolute Gasteiger partial charge is 0.507 e. The number of amides is 1. The number of phenols is 1. The number of carbonyl (C=O) groups is 1. The van der Waals surface area contributed by atoms with Crippen molar-refractivity contribution < 1.29 is 15.1 Å². The molecule has 1 amide bonds. The number of phenolic OH excluding ortho intramolecular Hbond substituents is 1. The first kappa shape index (κ1) is 14.8. The Morgan fingerprint density at radius 2 is 2.21 bits per heavy atom. The average Bonchev–Trinajstić information content (AvgIpc) is 2.37. The number of rotatable bonds is 5. The number of aryl methyl sites for hydroxylation is 1. The van der Waals surface area contributed by atoms with E-state index >= 15 is 0 Å². The quantitative estimate of drug-likeness (QED) is 0.279. The van der Waals surface area contributed by atoms with Gasteiger partial charge in [-0.15, -0.1) is 0 Å². The van der Waals surface area contributed by atoms with Gasteiger partial charge in [0.15, 0.2) is 0 Å². The van der Waals surface area contributed by atoms with E-state index in [1.807, 2.05) is 13.8 Å². The first-order valence-electron chi connectivity index (χ1n) is 6.04. The molecular formula is C13H19N3O3. The van der Waals surface area contributed by atoms with E-state index in [1.165, 1.54) is 6.07 Å². The smallest absolute Gasteiger partial charge is 0.255 e. The maximum atomic E-state index is 12.0. The fraction of sp³-hybridized carbons (Fsp3) is 0.385. The van der Waals surface area contributed by atoms with Gasteiger partial charge >= 0.3 is 0 Å². The third kappa shape index (κ3) is 4.17. The highest BCUT2D eigenvalue weighted by molar-refractivity contribution is 5.97. The number of hydrogen-bond donors (Lipinski definition) is 4. The molecule has 0 aliphatic rings. The van der Waals surface area contributed by atoms with Gasteiger partial charge in [-0.05, 0) is 31.0 Å². The SMILES string of the molecule is CCC(CC(N)=NO)NC(=O)c1ccc(C)cc1O. The van der Waals surface area contributed by atoms with E-state index in [0.29, 0.717) is 6.42 Å². The van der Waals surface area contributed by atoms with Gasteiger partial charge in [0.2, 0.25) is 0 Å². The summed E-state index contributed by atoms with van der Waals surface area (Å²) in [6, 6.07) is 4.60. The predicted molar refractivity (Wildman–Crippen MR) is 72.4 cm³/mol. The Kier molecular flexibility index (Phi) is 5.17. The molecule has 104 valence electrons. The Labute approximate surface area is 111 Å². The van der Waals surface area contributed by atoms with Crippen molar-refractivity contribution in [2.75, 3.05) is 0 Å². The molecule has 19 heavy (non-hydrogen) atoms. The number of amidine groups is 1. The van der Waals surface area contributed by atoms with E-state index in [9.17, 15) is 9.90 Å². The van der Waals surface area contributed by atoms with Crippen LogP contribution in [0.3, 0.4) is 0 Å². The topological polar surface area (TPSA) is 108 Å².